The van der Waals surface area contributed by atoms with Crippen LogP contribution in [0.1, 0.15) is 5.69 Å². The molecule has 0 radical (unpaired) electrons. The van der Waals surface area contributed by atoms with Gasteiger partial charge in [-0.15, -0.1) is 0 Å². The zero-order valence-corrected chi connectivity index (χ0v) is 20.6. The number of hydrogen-bond donors (Lipinski definition) is 2. The second kappa shape index (κ2) is 10.3. The molecule has 1 amide bonds. The third-order valence-electron chi connectivity index (χ3n) is 4.61. The number of nitrogens with one attached hydrogen (secondary N) is 2. The van der Waals surface area contributed by atoms with Crippen molar-refractivity contribution in [2.24, 2.45) is 0 Å². The lowest BCUT2D eigenvalue weighted by molar-refractivity contribution is -0.114. The van der Waals surface area contributed by atoms with E-state index in [1.165, 1.54) is 56.7 Å². The first-order valence-corrected chi connectivity index (χ1v) is 12.9. The van der Waals surface area contributed by atoms with Gasteiger partial charge in [-0.05, 0) is 61.5 Å². The second-order valence-electron chi connectivity index (χ2n) is 7.47. The van der Waals surface area contributed by atoms with Crippen molar-refractivity contribution in [1.82, 2.24) is 14.3 Å². The van der Waals surface area contributed by atoms with E-state index in [2.05, 4.69) is 20.0 Å². The molecule has 2 aromatic carbocycles. The highest BCUT2D eigenvalue weighted by atomic mass is 32.2. The maximum Gasteiger partial charge on any atom is 0.304 e. The average Bonchev–Trinajstić information content (AvgIpc) is 2.78. The fourth-order valence-electron chi connectivity index (χ4n) is 2.84. The van der Waals surface area contributed by atoms with Crippen LogP contribution >= 0.6 is 0 Å². The summed E-state index contributed by atoms with van der Waals surface area (Å²) in [5.41, 5.74) is 0.921. The SMILES string of the molecule is Cc1ccnc(NS(=O)(=O)c2ccc(NC(=O)CN(c3ccc(F)cc3)S(=O)(=O)N(C)C)cc2)n1. The number of hydrogen-bond acceptors (Lipinski definition) is 7. The van der Waals surface area contributed by atoms with Gasteiger partial charge in [0.05, 0.1) is 10.6 Å². The number of anilines is 3. The lowest BCUT2D eigenvalue weighted by Crippen LogP contribution is -2.44. The Balaban J connectivity index is 1.74. The molecule has 0 fully saturated rings. The fraction of sp³-hybridized carbons (Fsp3) is 0.190. The van der Waals surface area contributed by atoms with Crippen LogP contribution in [-0.2, 0) is 25.0 Å². The van der Waals surface area contributed by atoms with Crippen LogP contribution in [0.4, 0.5) is 21.7 Å². The van der Waals surface area contributed by atoms with Gasteiger partial charge in [-0.3, -0.25) is 4.79 Å². The van der Waals surface area contributed by atoms with E-state index in [-0.39, 0.29) is 22.2 Å². The fourth-order valence-corrected chi connectivity index (χ4v) is 4.85. The van der Waals surface area contributed by atoms with E-state index in [9.17, 15) is 26.0 Å². The molecule has 0 aliphatic carbocycles. The van der Waals surface area contributed by atoms with Gasteiger partial charge in [-0.2, -0.15) is 12.7 Å². The van der Waals surface area contributed by atoms with Crippen molar-refractivity contribution in [3.05, 3.63) is 72.3 Å². The summed E-state index contributed by atoms with van der Waals surface area (Å²) in [6.07, 6.45) is 1.42. The lowest BCUT2D eigenvalue weighted by Gasteiger charge is -2.26. The Bertz CT molecular complexity index is 1410. The van der Waals surface area contributed by atoms with Gasteiger partial charge in [0.15, 0.2) is 0 Å². The van der Waals surface area contributed by atoms with Gasteiger partial charge >= 0.3 is 10.2 Å². The Morgan fingerprint density at radius 1 is 0.971 bits per heavy atom. The monoisotopic (exact) mass is 522 g/mol. The number of aromatic nitrogens is 2. The molecule has 0 unspecified atom stereocenters. The third-order valence-corrected chi connectivity index (χ3v) is 7.77. The quantitative estimate of drug-likeness (QED) is 0.438. The number of benzene rings is 2. The van der Waals surface area contributed by atoms with Crippen molar-refractivity contribution in [2.75, 3.05) is 35.0 Å². The Labute approximate surface area is 202 Å². The van der Waals surface area contributed by atoms with Crippen molar-refractivity contribution in [1.29, 1.82) is 0 Å². The molecular formula is C21H23FN6O5S2. The van der Waals surface area contributed by atoms with Gasteiger partial charge in [-0.1, -0.05) is 0 Å². The Kier molecular flexibility index (Phi) is 7.67. The minimum Gasteiger partial charge on any atom is -0.325 e. The molecule has 0 bridgehead atoms. The molecule has 0 saturated carbocycles. The minimum absolute atomic E-state index is 0.0784. The molecule has 3 rings (SSSR count). The Hall–Kier alpha value is -3.62. The first-order chi connectivity index (χ1) is 16.4. The highest BCUT2D eigenvalue weighted by Crippen LogP contribution is 2.21. The van der Waals surface area contributed by atoms with E-state index in [1.54, 1.807) is 13.0 Å². The molecule has 2 N–H and O–H groups in total. The van der Waals surface area contributed by atoms with E-state index in [1.807, 2.05) is 0 Å². The Morgan fingerprint density at radius 3 is 2.17 bits per heavy atom. The predicted molar refractivity (Wildman–Crippen MR) is 129 cm³/mol. The standard InChI is InChI=1S/C21H23FN6O5S2/c1-15-12-13-23-21(24-15)26-34(30,31)19-10-6-17(7-11-19)25-20(29)14-28(35(32,33)27(2)3)18-8-4-16(22)5-9-18/h4-13H,14H2,1-3H3,(H,25,29)(H,23,24,26). The predicted octanol–water partition coefficient (Wildman–Crippen LogP) is 1.98. The smallest absolute Gasteiger partial charge is 0.304 e. The normalized spacial score (nSPS) is 11.8. The summed E-state index contributed by atoms with van der Waals surface area (Å²) in [7, 11) is -5.43. The van der Waals surface area contributed by atoms with Gasteiger partial charge < -0.3 is 5.32 Å². The molecule has 0 atom stereocenters. The molecule has 0 aliphatic heterocycles. The third kappa shape index (κ3) is 6.49. The largest absolute Gasteiger partial charge is 0.325 e. The summed E-state index contributed by atoms with van der Waals surface area (Å²) in [6.45, 7) is 1.09. The van der Waals surface area contributed by atoms with Gasteiger partial charge in [0.25, 0.3) is 10.0 Å². The van der Waals surface area contributed by atoms with Crippen LogP contribution in [0.25, 0.3) is 0 Å². The maximum absolute atomic E-state index is 13.3. The minimum atomic E-state index is -4.07. The van der Waals surface area contributed by atoms with Crippen LogP contribution < -0.4 is 14.3 Å². The average molecular weight is 523 g/mol. The number of nitrogens with zero attached hydrogens (tertiary/aromatic N) is 4. The molecule has 0 aliphatic rings. The first-order valence-electron chi connectivity index (χ1n) is 10.1. The summed E-state index contributed by atoms with van der Waals surface area (Å²) in [5.74, 6) is -1.33. The zero-order chi connectivity index (χ0) is 25.8. The van der Waals surface area contributed by atoms with Gasteiger partial charge in [0.1, 0.15) is 12.4 Å². The van der Waals surface area contributed by atoms with Crippen molar-refractivity contribution in [2.45, 2.75) is 11.8 Å². The van der Waals surface area contributed by atoms with Crippen LogP contribution in [0.5, 0.6) is 0 Å². The van der Waals surface area contributed by atoms with Crippen LogP contribution in [-0.4, -0.2) is 57.7 Å². The van der Waals surface area contributed by atoms with E-state index in [4.69, 9.17) is 0 Å². The summed E-state index contributed by atoms with van der Waals surface area (Å²) < 4.78 is 67.9. The van der Waals surface area contributed by atoms with Crippen LogP contribution in [0, 0.1) is 12.7 Å². The number of sulfonamides is 1. The number of halogens is 1. The molecule has 11 nitrogen and oxygen atoms in total. The van der Waals surface area contributed by atoms with Crippen molar-refractivity contribution >= 4 is 43.5 Å². The van der Waals surface area contributed by atoms with Crippen molar-refractivity contribution in [3.8, 4) is 0 Å². The van der Waals surface area contributed by atoms with Crippen molar-refractivity contribution in [3.63, 3.8) is 0 Å². The van der Waals surface area contributed by atoms with E-state index >= 15 is 0 Å². The molecule has 0 saturated heterocycles. The van der Waals surface area contributed by atoms with E-state index in [0.29, 0.717) is 5.69 Å². The number of aryl methyl sites for hydroxylation is 1. The van der Waals surface area contributed by atoms with Gasteiger partial charge in [0.2, 0.25) is 11.9 Å². The summed E-state index contributed by atoms with van der Waals surface area (Å²) >= 11 is 0. The molecule has 0 spiro atoms. The molecule has 3 aromatic rings. The van der Waals surface area contributed by atoms with Crippen molar-refractivity contribution < 1.29 is 26.0 Å². The second-order valence-corrected chi connectivity index (χ2v) is 11.2. The topological polar surface area (TPSA) is 142 Å². The van der Waals surface area contributed by atoms with E-state index in [0.717, 1.165) is 20.7 Å². The Morgan fingerprint density at radius 2 is 1.60 bits per heavy atom. The highest BCUT2D eigenvalue weighted by molar-refractivity contribution is 7.92. The van der Waals surface area contributed by atoms with Gasteiger partial charge in [-0.25, -0.2) is 31.8 Å². The summed E-state index contributed by atoms with van der Waals surface area (Å²) in [6, 6.07) is 11.5. The number of amides is 1. The molecule has 1 heterocycles. The molecule has 35 heavy (non-hydrogen) atoms. The first kappa shape index (κ1) is 26.0. The molecule has 1 aromatic heterocycles. The summed E-state index contributed by atoms with van der Waals surface area (Å²) in [5, 5.41) is 2.52. The lowest BCUT2D eigenvalue weighted by atomic mass is 10.3. The molecule has 186 valence electrons. The summed E-state index contributed by atoms with van der Waals surface area (Å²) in [4.78, 5) is 20.4. The van der Waals surface area contributed by atoms with Crippen LogP contribution in [0.3, 0.4) is 0 Å². The number of carbonyl (C=O) groups is 1. The molecule has 14 heteroatoms. The number of rotatable bonds is 9. The molecular weight excluding hydrogens is 499 g/mol. The highest BCUT2D eigenvalue weighted by Gasteiger charge is 2.27. The van der Waals surface area contributed by atoms with Crippen LogP contribution in [0.15, 0.2) is 65.7 Å². The zero-order valence-electron chi connectivity index (χ0n) is 19.0. The van der Waals surface area contributed by atoms with E-state index < -0.39 is 38.5 Å². The van der Waals surface area contributed by atoms with Crippen LogP contribution in [0.2, 0.25) is 0 Å². The number of carbonyl (C=O) groups excluding carboxylic acids is 1. The maximum atomic E-state index is 13.3. The van der Waals surface area contributed by atoms with Gasteiger partial charge in [0, 0.05) is 31.7 Å².